The van der Waals surface area contributed by atoms with Crippen LogP contribution in [0.3, 0.4) is 0 Å². The van der Waals surface area contributed by atoms with E-state index < -0.39 is 0 Å². The van der Waals surface area contributed by atoms with Gasteiger partial charge in [-0.25, -0.2) is 0 Å². The average Bonchev–Trinajstić information content (AvgIpc) is 2.01. The van der Waals surface area contributed by atoms with Crippen molar-refractivity contribution in [2.75, 3.05) is 26.4 Å². The fraction of sp³-hybridized carbons (Fsp3) is 1.00. The third-order valence-electron chi connectivity index (χ3n) is 1.47. The van der Waals surface area contributed by atoms with Crippen molar-refractivity contribution in [3.05, 3.63) is 0 Å². The van der Waals surface area contributed by atoms with Crippen molar-refractivity contribution in [2.45, 2.75) is 31.6 Å². The van der Waals surface area contributed by atoms with E-state index in [9.17, 15) is 0 Å². The molecule has 0 aliphatic heterocycles. The summed E-state index contributed by atoms with van der Waals surface area (Å²) in [5.41, 5.74) is 0. The molecule has 13 heavy (non-hydrogen) atoms. The maximum absolute atomic E-state index is 8.47. The van der Waals surface area contributed by atoms with E-state index in [4.69, 9.17) is 9.84 Å². The van der Waals surface area contributed by atoms with Crippen LogP contribution in [0.1, 0.15) is 26.7 Å². The molecule has 0 aromatic carbocycles. The van der Waals surface area contributed by atoms with E-state index in [1.807, 2.05) is 13.8 Å². The van der Waals surface area contributed by atoms with E-state index in [1.54, 1.807) is 0 Å². The predicted molar refractivity (Wildman–Crippen MR) is 58.2 cm³/mol. The Hall–Kier alpha value is 0.230. The fourth-order valence-electron chi connectivity index (χ4n) is 0.837. The van der Waals surface area contributed by atoms with Gasteiger partial charge in [0, 0.05) is 19.8 Å². The van der Waals surface area contributed by atoms with Gasteiger partial charge in [-0.05, 0) is 33.2 Å². The highest BCUT2D eigenvalue weighted by Gasteiger charge is 2.07. The quantitative estimate of drug-likeness (QED) is 0.316. The van der Waals surface area contributed by atoms with Gasteiger partial charge in [-0.15, -0.1) is 0 Å². The molecule has 4 heteroatoms. The van der Waals surface area contributed by atoms with Gasteiger partial charge in [0.2, 0.25) is 0 Å². The molecule has 80 valence electrons. The number of aliphatic hydroxyl groups is 1. The number of rotatable bonds is 8. The lowest BCUT2D eigenvalue weighted by atomic mass is 10.3. The molecule has 0 bridgehead atoms. The molecule has 0 rings (SSSR count). The number of aliphatic hydroxyl groups excluding tert-OH is 1. The van der Waals surface area contributed by atoms with Crippen LogP contribution >= 0.6 is 12.6 Å². The van der Waals surface area contributed by atoms with E-state index in [0.717, 1.165) is 26.0 Å². The highest BCUT2D eigenvalue weighted by atomic mass is 32.1. The first kappa shape index (κ1) is 13.2. The highest BCUT2D eigenvalue weighted by molar-refractivity contribution is 7.81. The van der Waals surface area contributed by atoms with E-state index in [2.05, 4.69) is 17.9 Å². The van der Waals surface area contributed by atoms with E-state index >= 15 is 0 Å². The number of hydrogen-bond donors (Lipinski definition) is 3. The minimum absolute atomic E-state index is 0.106. The Labute approximate surface area is 86.3 Å². The maximum Gasteiger partial charge on any atom is 0.0558 e. The second-order valence-corrected chi connectivity index (χ2v) is 4.65. The summed E-state index contributed by atoms with van der Waals surface area (Å²) in [6.45, 7) is 6.56. The van der Waals surface area contributed by atoms with Gasteiger partial charge in [0.15, 0.2) is 0 Å². The van der Waals surface area contributed by atoms with Crippen LogP contribution in [-0.4, -0.2) is 36.3 Å². The SMILES string of the molecule is CC(C)(S)NCCCOCCCO. The van der Waals surface area contributed by atoms with E-state index in [0.29, 0.717) is 6.61 Å². The summed E-state index contributed by atoms with van der Waals surface area (Å²) in [7, 11) is 0. The molecule has 2 N–H and O–H groups in total. The molecule has 0 fully saturated rings. The van der Waals surface area contributed by atoms with E-state index in [-0.39, 0.29) is 11.5 Å². The molecule has 0 aliphatic carbocycles. The van der Waals surface area contributed by atoms with Crippen molar-refractivity contribution in [3.8, 4) is 0 Å². The standard InChI is InChI=1S/C9H21NO2S/c1-9(2,13)10-5-3-7-12-8-4-6-11/h10-11,13H,3-8H2,1-2H3. The Kier molecular flexibility index (Phi) is 7.75. The molecule has 0 aromatic rings. The fourth-order valence-corrected chi connectivity index (χ4v) is 0.949. The molecule has 0 saturated carbocycles. The maximum atomic E-state index is 8.47. The van der Waals surface area contributed by atoms with Crippen molar-refractivity contribution < 1.29 is 9.84 Å². The smallest absolute Gasteiger partial charge is 0.0558 e. The summed E-state index contributed by atoms with van der Waals surface area (Å²) >= 11 is 4.33. The normalized spacial score (nSPS) is 12.0. The molecule has 0 aromatic heterocycles. The molecule has 0 spiro atoms. The minimum Gasteiger partial charge on any atom is -0.396 e. The van der Waals surface area contributed by atoms with Gasteiger partial charge in [0.1, 0.15) is 0 Å². The average molecular weight is 207 g/mol. The van der Waals surface area contributed by atoms with Gasteiger partial charge in [-0.3, -0.25) is 0 Å². The first-order chi connectivity index (χ1) is 6.06. The van der Waals surface area contributed by atoms with Crippen molar-refractivity contribution in [1.82, 2.24) is 5.32 Å². The summed E-state index contributed by atoms with van der Waals surface area (Å²) in [4.78, 5) is -0.106. The van der Waals surface area contributed by atoms with Crippen LogP contribution in [0.4, 0.5) is 0 Å². The molecule has 0 unspecified atom stereocenters. The van der Waals surface area contributed by atoms with Crippen molar-refractivity contribution in [2.24, 2.45) is 0 Å². The van der Waals surface area contributed by atoms with Gasteiger partial charge in [-0.1, -0.05) is 0 Å². The third-order valence-corrected chi connectivity index (χ3v) is 1.63. The largest absolute Gasteiger partial charge is 0.396 e. The Morgan fingerprint density at radius 1 is 1.31 bits per heavy atom. The van der Waals surface area contributed by atoms with Gasteiger partial charge >= 0.3 is 0 Å². The van der Waals surface area contributed by atoms with Crippen molar-refractivity contribution >= 4 is 12.6 Å². The topological polar surface area (TPSA) is 41.5 Å². The lowest BCUT2D eigenvalue weighted by Gasteiger charge is -2.19. The number of thiol groups is 1. The summed E-state index contributed by atoms with van der Waals surface area (Å²) in [5.74, 6) is 0. The molecule has 0 radical (unpaired) electrons. The zero-order valence-corrected chi connectivity index (χ0v) is 9.44. The predicted octanol–water partition coefficient (Wildman–Crippen LogP) is 1.03. The number of ether oxygens (including phenoxy) is 1. The molecule has 3 nitrogen and oxygen atoms in total. The molecule has 0 atom stereocenters. The molecule has 0 heterocycles. The molecule has 0 aliphatic rings. The van der Waals surface area contributed by atoms with Crippen LogP contribution in [0, 0.1) is 0 Å². The molecular formula is C9H21NO2S. The zero-order chi connectivity index (χ0) is 10.2. The van der Waals surface area contributed by atoms with Gasteiger partial charge in [0.05, 0.1) is 4.87 Å². The Balaban J connectivity index is 3.00. The Morgan fingerprint density at radius 2 is 1.92 bits per heavy atom. The van der Waals surface area contributed by atoms with E-state index in [1.165, 1.54) is 0 Å². The van der Waals surface area contributed by atoms with Crippen LogP contribution in [0.15, 0.2) is 0 Å². The summed E-state index contributed by atoms with van der Waals surface area (Å²) in [6, 6.07) is 0. The highest BCUT2D eigenvalue weighted by Crippen LogP contribution is 2.05. The number of hydrogen-bond acceptors (Lipinski definition) is 4. The Morgan fingerprint density at radius 3 is 2.46 bits per heavy atom. The lowest BCUT2D eigenvalue weighted by molar-refractivity contribution is 0.113. The minimum atomic E-state index is -0.106. The lowest BCUT2D eigenvalue weighted by Crippen LogP contribution is -2.34. The van der Waals surface area contributed by atoms with Crippen molar-refractivity contribution in [1.29, 1.82) is 0 Å². The van der Waals surface area contributed by atoms with Gasteiger partial charge < -0.3 is 15.2 Å². The summed E-state index contributed by atoms with van der Waals surface area (Å²) in [6.07, 6.45) is 1.71. The second kappa shape index (κ2) is 7.62. The first-order valence-electron chi connectivity index (χ1n) is 4.72. The van der Waals surface area contributed by atoms with Crippen LogP contribution in [0.5, 0.6) is 0 Å². The molecule has 0 amide bonds. The zero-order valence-electron chi connectivity index (χ0n) is 8.55. The summed E-state index contributed by atoms with van der Waals surface area (Å²) < 4.78 is 5.26. The Bertz CT molecular complexity index is 115. The van der Waals surface area contributed by atoms with Crippen molar-refractivity contribution in [3.63, 3.8) is 0 Å². The second-order valence-electron chi connectivity index (χ2n) is 3.53. The van der Waals surface area contributed by atoms with Crippen LogP contribution in [0.25, 0.3) is 0 Å². The van der Waals surface area contributed by atoms with Crippen LogP contribution in [0.2, 0.25) is 0 Å². The molecular weight excluding hydrogens is 186 g/mol. The van der Waals surface area contributed by atoms with Gasteiger partial charge in [0.25, 0.3) is 0 Å². The third kappa shape index (κ3) is 12.2. The molecule has 0 saturated heterocycles. The summed E-state index contributed by atoms with van der Waals surface area (Å²) in [5, 5.41) is 11.7. The van der Waals surface area contributed by atoms with Gasteiger partial charge in [-0.2, -0.15) is 12.6 Å². The number of nitrogens with one attached hydrogen (secondary N) is 1. The van der Waals surface area contributed by atoms with Crippen LogP contribution in [-0.2, 0) is 4.74 Å². The monoisotopic (exact) mass is 207 g/mol. The first-order valence-corrected chi connectivity index (χ1v) is 5.17. The van der Waals surface area contributed by atoms with Crippen LogP contribution < -0.4 is 5.32 Å².